The lowest BCUT2D eigenvalue weighted by molar-refractivity contribution is 0.155. The number of hydrogen-bond acceptors (Lipinski definition) is 3. The molecule has 0 aromatic carbocycles. The quantitative estimate of drug-likeness (QED) is 0.624. The van der Waals surface area contributed by atoms with E-state index < -0.39 is 0 Å². The van der Waals surface area contributed by atoms with Gasteiger partial charge in [0.05, 0.1) is 12.1 Å². The van der Waals surface area contributed by atoms with Gasteiger partial charge in [-0.05, 0) is 0 Å². The zero-order valence-corrected chi connectivity index (χ0v) is 8.33. The molecule has 2 aliphatic rings. The van der Waals surface area contributed by atoms with Crippen molar-refractivity contribution < 1.29 is 5.11 Å². The largest absolute Gasteiger partial charge is 0.390 e. The van der Waals surface area contributed by atoms with E-state index in [-0.39, 0.29) is 6.10 Å². The van der Waals surface area contributed by atoms with E-state index in [1.165, 1.54) is 16.0 Å². The van der Waals surface area contributed by atoms with Gasteiger partial charge in [-0.1, -0.05) is 9.39 Å². The van der Waals surface area contributed by atoms with Gasteiger partial charge in [-0.2, -0.15) is 4.44 Å². The van der Waals surface area contributed by atoms with Crippen molar-refractivity contribution in [3.05, 3.63) is 0 Å². The molecule has 0 radical (unpaired) electrons. The van der Waals surface area contributed by atoms with Gasteiger partial charge in [0, 0.05) is 29.1 Å². The maximum absolute atomic E-state index is 9.46. The number of nitrogens with zero attached hydrogens (tertiary/aromatic N) is 2. The molecule has 1 unspecified atom stereocenters. The molecule has 0 aromatic rings. The average molecular weight is 194 g/mol. The molecule has 56 valence electrons. The smallest absolute Gasteiger partial charge is 0.0852 e. The van der Waals surface area contributed by atoms with E-state index in [1.807, 2.05) is 0 Å². The molecule has 0 amide bonds. The normalized spacial score (nSPS) is 49.6. The standard InChI is InChI=1S/C4H9N2OP3/c7-4-2-5(8)1-3(4)6-9-10-6/h3-4,7H,1-2,8H2/t3-,4-/m0/s1. The number of aliphatic hydroxyl groups is 1. The molecule has 1 fully saturated rings. The SMILES string of the molecule is O[C@H]1CN(P)C[C@@H]1N1P=P1. The fourth-order valence-electron chi connectivity index (χ4n) is 1.18. The first-order valence-electron chi connectivity index (χ1n) is 3.16. The van der Waals surface area contributed by atoms with Gasteiger partial charge < -0.3 is 5.11 Å². The van der Waals surface area contributed by atoms with Gasteiger partial charge in [-0.25, -0.2) is 0 Å². The summed E-state index contributed by atoms with van der Waals surface area (Å²) in [7, 11) is 5.36. The Labute approximate surface area is 65.6 Å². The second kappa shape index (κ2) is 2.75. The predicted octanol–water partition coefficient (Wildman–Crippen LogP) is 0.775. The van der Waals surface area contributed by atoms with Crippen LogP contribution in [0.5, 0.6) is 0 Å². The molecule has 2 heterocycles. The van der Waals surface area contributed by atoms with Crippen LogP contribution in [-0.4, -0.2) is 39.5 Å². The molecule has 0 saturated carbocycles. The third-order valence-corrected chi connectivity index (χ3v) is 4.33. The van der Waals surface area contributed by atoms with Crippen LogP contribution in [0.1, 0.15) is 0 Å². The van der Waals surface area contributed by atoms with Crippen LogP contribution >= 0.6 is 25.4 Å². The summed E-state index contributed by atoms with van der Waals surface area (Å²) in [6.07, 6.45) is -0.139. The van der Waals surface area contributed by atoms with Gasteiger partial charge in [0.2, 0.25) is 0 Å². The fraction of sp³-hybridized carbons (Fsp3) is 1.00. The van der Waals surface area contributed by atoms with E-state index in [9.17, 15) is 5.11 Å². The van der Waals surface area contributed by atoms with E-state index in [0.717, 1.165) is 13.1 Å². The Hall–Kier alpha value is 0.910. The Balaban J connectivity index is 1.95. The first kappa shape index (κ1) is 7.55. The predicted molar refractivity (Wildman–Crippen MR) is 46.8 cm³/mol. The maximum Gasteiger partial charge on any atom is 0.0852 e. The summed E-state index contributed by atoms with van der Waals surface area (Å²) < 4.78 is 4.35. The van der Waals surface area contributed by atoms with E-state index in [0.29, 0.717) is 6.04 Å². The number of hydrogen-bond donors (Lipinski definition) is 1. The summed E-state index contributed by atoms with van der Waals surface area (Å²) in [5.41, 5.74) is 0. The molecule has 0 bridgehead atoms. The average Bonchev–Trinajstić information content (AvgIpc) is 2.61. The van der Waals surface area contributed by atoms with Crippen LogP contribution < -0.4 is 0 Å². The van der Waals surface area contributed by atoms with E-state index >= 15 is 0 Å². The van der Waals surface area contributed by atoms with Gasteiger partial charge >= 0.3 is 0 Å². The molecule has 2 aliphatic heterocycles. The summed E-state index contributed by atoms with van der Waals surface area (Å²) >= 11 is 0. The van der Waals surface area contributed by atoms with Crippen LogP contribution in [0, 0.1) is 0 Å². The van der Waals surface area contributed by atoms with Crippen molar-refractivity contribution in [3.63, 3.8) is 0 Å². The Kier molecular flexibility index (Phi) is 2.08. The number of rotatable bonds is 1. The molecule has 2 rings (SSSR count). The van der Waals surface area contributed by atoms with Gasteiger partial charge in [-0.3, -0.25) is 4.67 Å². The molecule has 1 saturated heterocycles. The Morgan fingerprint density at radius 3 is 2.50 bits per heavy atom. The minimum Gasteiger partial charge on any atom is -0.390 e. The van der Waals surface area contributed by atoms with E-state index in [1.54, 1.807) is 0 Å². The zero-order chi connectivity index (χ0) is 7.14. The lowest BCUT2D eigenvalue weighted by atomic mass is 10.2. The lowest BCUT2D eigenvalue weighted by Gasteiger charge is -2.11. The molecule has 10 heavy (non-hydrogen) atoms. The van der Waals surface area contributed by atoms with E-state index in [2.05, 4.69) is 18.5 Å². The highest BCUT2D eigenvalue weighted by molar-refractivity contribution is 7.97. The lowest BCUT2D eigenvalue weighted by Crippen LogP contribution is -2.29. The van der Waals surface area contributed by atoms with Gasteiger partial charge in [0.15, 0.2) is 0 Å². The van der Waals surface area contributed by atoms with Crippen LogP contribution in [0.3, 0.4) is 0 Å². The Morgan fingerprint density at radius 2 is 2.10 bits per heavy atom. The summed E-state index contributed by atoms with van der Waals surface area (Å²) in [4.78, 5) is 0. The Bertz CT molecular complexity index is 170. The van der Waals surface area contributed by atoms with Crippen LogP contribution in [0.15, 0.2) is 0 Å². The molecule has 6 heteroatoms. The summed E-state index contributed by atoms with van der Waals surface area (Å²) in [5.74, 6) is 0. The van der Waals surface area contributed by atoms with E-state index in [4.69, 9.17) is 0 Å². The van der Waals surface area contributed by atoms with Crippen LogP contribution in [0.2, 0.25) is 0 Å². The monoisotopic (exact) mass is 194 g/mol. The highest BCUT2D eigenvalue weighted by atomic mass is 31.8. The molecule has 0 aromatic heterocycles. The summed E-state index contributed by atoms with van der Waals surface area (Å²) in [5, 5.41) is 9.46. The van der Waals surface area contributed by atoms with Crippen molar-refractivity contribution in [2.75, 3.05) is 13.1 Å². The zero-order valence-electron chi connectivity index (χ0n) is 5.38. The number of aliphatic hydroxyl groups excluding tert-OH is 1. The summed E-state index contributed by atoms with van der Waals surface area (Å²) in [6.45, 7) is 1.79. The summed E-state index contributed by atoms with van der Waals surface area (Å²) in [6, 6.07) is 0.390. The molecular formula is C4H9N2OP3. The second-order valence-corrected chi connectivity index (χ2v) is 5.93. The van der Waals surface area contributed by atoms with Crippen molar-refractivity contribution in [2.45, 2.75) is 12.1 Å². The fourth-order valence-corrected chi connectivity index (χ4v) is 3.31. The first-order valence-corrected chi connectivity index (χ1v) is 6.07. The van der Waals surface area contributed by atoms with Crippen LogP contribution in [-0.2, 0) is 0 Å². The Morgan fingerprint density at radius 1 is 1.40 bits per heavy atom. The molecule has 3 atom stereocenters. The van der Waals surface area contributed by atoms with Crippen molar-refractivity contribution >= 4 is 25.4 Å². The molecule has 0 spiro atoms. The molecular weight excluding hydrogens is 185 g/mol. The van der Waals surface area contributed by atoms with Gasteiger partial charge in [0.25, 0.3) is 0 Å². The minimum absolute atomic E-state index is 0.139. The maximum atomic E-state index is 9.46. The topological polar surface area (TPSA) is 26.5 Å². The highest BCUT2D eigenvalue weighted by Gasteiger charge is 2.36. The van der Waals surface area contributed by atoms with Crippen LogP contribution in [0.25, 0.3) is 0 Å². The molecule has 0 aliphatic carbocycles. The van der Waals surface area contributed by atoms with Gasteiger partial charge in [-0.15, -0.1) is 0 Å². The van der Waals surface area contributed by atoms with Gasteiger partial charge in [0.1, 0.15) is 0 Å². The van der Waals surface area contributed by atoms with Crippen molar-refractivity contribution in [1.82, 2.24) is 9.11 Å². The highest BCUT2D eigenvalue weighted by Crippen LogP contribution is 2.49. The van der Waals surface area contributed by atoms with Crippen molar-refractivity contribution in [1.29, 1.82) is 0 Å². The third-order valence-electron chi connectivity index (χ3n) is 1.78. The minimum atomic E-state index is -0.139. The number of β-amino-alcohol motifs (C(OH)–C–C–N with tert-alkyl or cyclic N) is 1. The van der Waals surface area contributed by atoms with Crippen molar-refractivity contribution in [3.8, 4) is 0 Å². The van der Waals surface area contributed by atoms with Crippen molar-refractivity contribution in [2.24, 2.45) is 0 Å². The second-order valence-electron chi connectivity index (χ2n) is 2.59. The van der Waals surface area contributed by atoms with Crippen LogP contribution in [0.4, 0.5) is 0 Å². The first-order chi connectivity index (χ1) is 4.77. The molecule has 1 N–H and O–H groups in total. The third kappa shape index (κ3) is 1.41. The molecule has 3 nitrogen and oxygen atoms in total.